The highest BCUT2D eigenvalue weighted by Crippen LogP contribution is 2.38. The van der Waals surface area contributed by atoms with Crippen molar-refractivity contribution in [3.63, 3.8) is 0 Å². The lowest BCUT2D eigenvalue weighted by molar-refractivity contribution is -0.0397. The number of hydrogen-bond acceptors (Lipinski definition) is 6. The molecule has 37 heavy (non-hydrogen) atoms. The topological polar surface area (TPSA) is 115 Å². The molecule has 0 amide bonds. The maximum absolute atomic E-state index is 12.5. The second-order valence-electron chi connectivity index (χ2n) is 10.4. The van der Waals surface area contributed by atoms with Crippen LogP contribution in [0.4, 0.5) is 5.95 Å². The molecule has 2 aromatic heterocycles. The predicted molar refractivity (Wildman–Crippen MR) is 156 cm³/mol. The average Bonchev–Trinajstić information content (AvgIpc) is 3.39. The molecule has 1 fully saturated rings. The molecule has 8 nitrogen and oxygen atoms in total. The van der Waals surface area contributed by atoms with Crippen molar-refractivity contribution in [3.8, 4) is 0 Å². The van der Waals surface area contributed by atoms with E-state index in [0.29, 0.717) is 17.5 Å². The van der Waals surface area contributed by atoms with E-state index in [-0.39, 0.29) is 23.2 Å². The second-order valence-corrected chi connectivity index (χ2v) is 15.9. The van der Waals surface area contributed by atoms with Crippen molar-refractivity contribution in [2.24, 2.45) is 0 Å². The SMILES string of the molecule is CC(C)(C)[Si](OC[C@H]1O[C@@H](n2cc(I)c3c(=O)[nH]c(N)nc32)CC1O)(c1ccccc1)c1ccccc1. The Bertz CT molecular complexity index is 1410. The molecule has 10 heteroatoms. The lowest BCUT2D eigenvalue weighted by Crippen LogP contribution is -2.67. The van der Waals surface area contributed by atoms with Gasteiger partial charge in [-0.15, -0.1) is 0 Å². The summed E-state index contributed by atoms with van der Waals surface area (Å²) in [5, 5.41) is 13.6. The minimum Gasteiger partial charge on any atom is -0.405 e. The van der Waals surface area contributed by atoms with Crippen LogP contribution >= 0.6 is 22.6 Å². The number of halogens is 1. The number of nitrogens with zero attached hydrogens (tertiary/aromatic N) is 2. The summed E-state index contributed by atoms with van der Waals surface area (Å²) < 4.78 is 15.9. The van der Waals surface area contributed by atoms with E-state index in [0.717, 1.165) is 3.57 Å². The Kier molecular flexibility index (Phi) is 7.05. The number of nitrogens with one attached hydrogen (secondary N) is 1. The third-order valence-corrected chi connectivity index (χ3v) is 12.9. The fourth-order valence-electron chi connectivity index (χ4n) is 5.35. The van der Waals surface area contributed by atoms with Crippen molar-refractivity contribution in [1.29, 1.82) is 0 Å². The van der Waals surface area contributed by atoms with Crippen LogP contribution in [0.1, 0.15) is 33.4 Å². The van der Waals surface area contributed by atoms with E-state index in [9.17, 15) is 9.90 Å². The Morgan fingerprint density at radius 1 is 1.16 bits per heavy atom. The average molecular weight is 631 g/mol. The summed E-state index contributed by atoms with van der Waals surface area (Å²) in [6.07, 6.45) is 0.389. The molecular formula is C27H31IN4O4Si. The third-order valence-electron chi connectivity index (χ3n) is 7.05. The van der Waals surface area contributed by atoms with Gasteiger partial charge in [0.2, 0.25) is 5.95 Å². The van der Waals surface area contributed by atoms with Crippen LogP contribution in [0.25, 0.3) is 11.0 Å². The first-order valence-electron chi connectivity index (χ1n) is 12.3. The molecule has 2 aromatic carbocycles. The van der Waals surface area contributed by atoms with Gasteiger partial charge in [0.05, 0.1) is 18.1 Å². The number of benzene rings is 2. The zero-order valence-electron chi connectivity index (χ0n) is 21.0. The van der Waals surface area contributed by atoms with Crippen molar-refractivity contribution in [1.82, 2.24) is 14.5 Å². The predicted octanol–water partition coefficient (Wildman–Crippen LogP) is 3.14. The van der Waals surface area contributed by atoms with Gasteiger partial charge in [-0.3, -0.25) is 9.78 Å². The molecule has 4 N–H and O–H groups in total. The van der Waals surface area contributed by atoms with E-state index in [2.05, 4.69) is 77.6 Å². The number of aliphatic hydroxyl groups excluding tert-OH is 1. The molecule has 4 aromatic rings. The first-order valence-corrected chi connectivity index (χ1v) is 15.2. The molecule has 1 aliphatic rings. The monoisotopic (exact) mass is 630 g/mol. The molecule has 0 bridgehead atoms. The lowest BCUT2D eigenvalue weighted by Gasteiger charge is -2.43. The van der Waals surface area contributed by atoms with E-state index >= 15 is 0 Å². The summed E-state index contributed by atoms with van der Waals surface area (Å²) in [5.74, 6) is 0.0401. The van der Waals surface area contributed by atoms with Gasteiger partial charge < -0.3 is 24.6 Å². The van der Waals surface area contributed by atoms with Crippen molar-refractivity contribution in [3.05, 3.63) is 80.8 Å². The number of nitrogen functional groups attached to an aromatic ring is 1. The van der Waals surface area contributed by atoms with Crippen molar-refractivity contribution >= 4 is 58.3 Å². The maximum atomic E-state index is 12.5. The molecular weight excluding hydrogens is 599 g/mol. The Morgan fingerprint density at radius 3 is 2.32 bits per heavy atom. The lowest BCUT2D eigenvalue weighted by atomic mass is 10.2. The molecule has 194 valence electrons. The zero-order chi connectivity index (χ0) is 26.4. The van der Waals surface area contributed by atoms with Gasteiger partial charge in [-0.2, -0.15) is 4.98 Å². The van der Waals surface area contributed by atoms with Gasteiger partial charge in [-0.1, -0.05) is 81.4 Å². The smallest absolute Gasteiger partial charge is 0.262 e. The standard InChI is InChI=1S/C27H31IN4O4Si/c1-27(2,3)37(17-10-6-4-7-11-17,18-12-8-5-9-13-18)35-16-21-20(33)14-22(36-21)32-15-19(28)23-24(32)30-26(29)31-25(23)34/h4-13,15,20-22,33H,14,16H2,1-3H3,(H3,29,30,31,34)/t20?,21-,22-/m1/s1. The van der Waals surface area contributed by atoms with E-state index in [4.69, 9.17) is 14.9 Å². The van der Waals surface area contributed by atoms with Crippen molar-refractivity contribution in [2.45, 2.75) is 50.7 Å². The summed E-state index contributed by atoms with van der Waals surface area (Å²) in [4.78, 5) is 19.3. The number of ether oxygens (including phenoxy) is 1. The molecule has 1 saturated heterocycles. The molecule has 0 aliphatic carbocycles. The molecule has 3 atom stereocenters. The molecule has 1 aliphatic heterocycles. The maximum Gasteiger partial charge on any atom is 0.262 e. The van der Waals surface area contributed by atoms with Gasteiger partial charge in [-0.25, -0.2) is 0 Å². The van der Waals surface area contributed by atoms with Crippen LogP contribution in [0, 0.1) is 3.57 Å². The highest BCUT2D eigenvalue weighted by molar-refractivity contribution is 14.1. The number of aromatic amines is 1. The molecule has 3 heterocycles. The van der Waals surface area contributed by atoms with Crippen LogP contribution in [0.2, 0.25) is 5.04 Å². The van der Waals surface area contributed by atoms with Gasteiger partial charge in [0.25, 0.3) is 13.9 Å². The largest absolute Gasteiger partial charge is 0.405 e. The number of hydrogen-bond donors (Lipinski definition) is 3. The first kappa shape index (κ1) is 26.1. The summed E-state index contributed by atoms with van der Waals surface area (Å²) in [7, 11) is -2.78. The van der Waals surface area contributed by atoms with Crippen LogP contribution in [0.3, 0.4) is 0 Å². The van der Waals surface area contributed by atoms with Gasteiger partial charge in [0, 0.05) is 16.2 Å². The Labute approximate surface area is 230 Å². The van der Waals surface area contributed by atoms with Crippen LogP contribution in [0.5, 0.6) is 0 Å². The quantitative estimate of drug-likeness (QED) is 0.223. The number of H-pyrrole nitrogens is 1. The Morgan fingerprint density at radius 2 is 1.76 bits per heavy atom. The number of rotatable bonds is 6. The molecule has 0 radical (unpaired) electrons. The molecule has 1 unspecified atom stereocenters. The Balaban J connectivity index is 1.47. The van der Waals surface area contributed by atoms with E-state index in [1.165, 1.54) is 10.4 Å². The fraction of sp³-hybridized carbons (Fsp3) is 0.333. The minimum atomic E-state index is -2.78. The van der Waals surface area contributed by atoms with Gasteiger partial charge in [0.1, 0.15) is 12.3 Å². The molecule has 5 rings (SSSR count). The highest BCUT2D eigenvalue weighted by atomic mass is 127. The summed E-state index contributed by atoms with van der Waals surface area (Å²) in [6, 6.07) is 20.8. The van der Waals surface area contributed by atoms with Crippen LogP contribution in [-0.4, -0.2) is 46.8 Å². The zero-order valence-corrected chi connectivity index (χ0v) is 24.2. The first-order chi connectivity index (χ1) is 17.6. The van der Waals surface area contributed by atoms with Gasteiger partial charge >= 0.3 is 0 Å². The highest BCUT2D eigenvalue weighted by Gasteiger charge is 2.51. The minimum absolute atomic E-state index is 0.0401. The summed E-state index contributed by atoms with van der Waals surface area (Å²) >= 11 is 2.10. The van der Waals surface area contributed by atoms with Gasteiger partial charge in [-0.05, 0) is 38.0 Å². The van der Waals surface area contributed by atoms with Crippen molar-refractivity contribution in [2.75, 3.05) is 12.3 Å². The summed E-state index contributed by atoms with van der Waals surface area (Å²) in [6.45, 7) is 6.89. The fourth-order valence-corrected chi connectivity index (χ4v) is 10.7. The normalized spacial score (nSPS) is 20.5. The number of aromatic nitrogens is 3. The second kappa shape index (κ2) is 9.99. The van der Waals surface area contributed by atoms with Crippen LogP contribution in [0.15, 0.2) is 71.7 Å². The van der Waals surface area contributed by atoms with Crippen molar-refractivity contribution < 1.29 is 14.3 Å². The molecule has 0 saturated carbocycles. The summed E-state index contributed by atoms with van der Waals surface area (Å²) in [5.41, 5.74) is 5.96. The van der Waals surface area contributed by atoms with E-state index in [1.54, 1.807) is 4.57 Å². The number of anilines is 1. The Hall–Kier alpha value is -2.51. The van der Waals surface area contributed by atoms with Gasteiger partial charge in [0.15, 0.2) is 5.65 Å². The number of nitrogens with two attached hydrogens (primary N) is 1. The van der Waals surface area contributed by atoms with E-state index < -0.39 is 26.8 Å². The van der Waals surface area contributed by atoms with Crippen LogP contribution < -0.4 is 21.7 Å². The van der Waals surface area contributed by atoms with E-state index in [1.807, 2.05) is 42.6 Å². The third kappa shape index (κ3) is 4.65. The molecule has 0 spiro atoms. The van der Waals surface area contributed by atoms with Crippen LogP contribution in [-0.2, 0) is 9.16 Å². The number of aliphatic hydroxyl groups is 1. The number of fused-ring (bicyclic) bond motifs is 1.